The minimum absolute atomic E-state index is 0.00731. The van der Waals surface area contributed by atoms with Gasteiger partial charge in [0.15, 0.2) is 11.5 Å². The quantitative estimate of drug-likeness (QED) is 0.794. The molecule has 0 aliphatic rings. The lowest BCUT2D eigenvalue weighted by molar-refractivity contribution is -0.123. The fraction of sp³-hybridized carbons (Fsp3) is 0.350. The Morgan fingerprint density at radius 3 is 2.24 bits per heavy atom. The molecule has 2 aromatic carbocycles. The number of amides is 1. The Morgan fingerprint density at radius 2 is 1.68 bits per heavy atom. The van der Waals surface area contributed by atoms with Crippen LogP contribution < -0.4 is 14.8 Å². The maximum absolute atomic E-state index is 12.7. The number of methoxy groups -OCH3 is 2. The first kappa shape index (κ1) is 19.1. The first-order valence-corrected chi connectivity index (χ1v) is 8.58. The topological polar surface area (TPSA) is 47.6 Å². The highest BCUT2D eigenvalue weighted by Crippen LogP contribution is 2.28. The van der Waals surface area contributed by atoms with Crippen molar-refractivity contribution in [1.82, 2.24) is 5.32 Å². The van der Waals surface area contributed by atoms with E-state index in [2.05, 4.69) is 5.32 Å². The molecular formula is C20H24ClNO3. The third-order valence-corrected chi connectivity index (χ3v) is 4.34. The van der Waals surface area contributed by atoms with Crippen LogP contribution in [0, 0.1) is 5.92 Å². The molecule has 0 aromatic heterocycles. The van der Waals surface area contributed by atoms with Gasteiger partial charge in [-0.1, -0.05) is 43.6 Å². The van der Waals surface area contributed by atoms with Crippen molar-refractivity contribution < 1.29 is 14.3 Å². The van der Waals surface area contributed by atoms with Gasteiger partial charge in [0, 0.05) is 11.6 Å². The maximum atomic E-state index is 12.7. The van der Waals surface area contributed by atoms with Crippen molar-refractivity contribution in [2.24, 2.45) is 5.92 Å². The molecule has 134 valence electrons. The Balaban J connectivity index is 2.10. The molecule has 1 amide bonds. The lowest BCUT2D eigenvalue weighted by atomic mass is 9.87. The van der Waals surface area contributed by atoms with E-state index in [4.69, 9.17) is 21.1 Å². The summed E-state index contributed by atoms with van der Waals surface area (Å²) in [5, 5.41) is 3.68. The molecule has 1 atom stereocenters. The summed E-state index contributed by atoms with van der Waals surface area (Å²) in [7, 11) is 3.19. The number of carbonyl (C=O) groups excluding carboxylic acids is 1. The number of rotatable bonds is 7. The Morgan fingerprint density at radius 1 is 1.04 bits per heavy atom. The van der Waals surface area contributed by atoms with Crippen molar-refractivity contribution in [3.63, 3.8) is 0 Å². The van der Waals surface area contributed by atoms with Gasteiger partial charge in [0.05, 0.1) is 20.1 Å². The molecule has 0 heterocycles. The molecule has 0 spiro atoms. The van der Waals surface area contributed by atoms with Crippen molar-refractivity contribution in [1.29, 1.82) is 0 Å². The molecule has 2 aromatic rings. The van der Waals surface area contributed by atoms with Crippen LogP contribution >= 0.6 is 11.6 Å². The third-order valence-electron chi connectivity index (χ3n) is 4.09. The van der Waals surface area contributed by atoms with E-state index < -0.39 is 0 Å². The standard InChI is InChI=1S/C20H24ClNO3/c1-13(2)19(15-6-8-16(21)9-7-15)20(23)22-12-14-5-10-17(24-3)18(11-14)25-4/h5-11,13,19H,12H2,1-4H3,(H,22,23)/t19-/m1/s1. The Labute approximate surface area is 154 Å². The van der Waals surface area contributed by atoms with Crippen molar-refractivity contribution in [2.45, 2.75) is 26.3 Å². The SMILES string of the molecule is COc1ccc(CNC(=O)[C@@H](c2ccc(Cl)cc2)C(C)C)cc1OC. The Hall–Kier alpha value is -2.20. The van der Waals surface area contributed by atoms with E-state index in [0.717, 1.165) is 11.1 Å². The molecule has 0 aliphatic heterocycles. The van der Waals surface area contributed by atoms with Crippen LogP contribution in [-0.2, 0) is 11.3 Å². The zero-order chi connectivity index (χ0) is 18.4. The van der Waals surface area contributed by atoms with Gasteiger partial charge in [-0.25, -0.2) is 0 Å². The van der Waals surface area contributed by atoms with Crippen LogP contribution in [-0.4, -0.2) is 20.1 Å². The second-order valence-electron chi connectivity index (χ2n) is 6.18. The van der Waals surface area contributed by atoms with E-state index in [1.165, 1.54) is 0 Å². The molecule has 0 saturated heterocycles. The number of halogens is 1. The highest BCUT2D eigenvalue weighted by atomic mass is 35.5. The van der Waals surface area contributed by atoms with E-state index in [1.54, 1.807) is 14.2 Å². The number of benzene rings is 2. The van der Waals surface area contributed by atoms with Crippen LogP contribution in [0.25, 0.3) is 0 Å². The van der Waals surface area contributed by atoms with Gasteiger partial charge < -0.3 is 14.8 Å². The van der Waals surface area contributed by atoms with Crippen LogP contribution in [0.5, 0.6) is 11.5 Å². The lowest BCUT2D eigenvalue weighted by Crippen LogP contribution is -2.31. The number of hydrogen-bond acceptors (Lipinski definition) is 3. The molecule has 0 radical (unpaired) electrons. The van der Waals surface area contributed by atoms with Gasteiger partial charge in [0.25, 0.3) is 0 Å². The largest absolute Gasteiger partial charge is 0.493 e. The van der Waals surface area contributed by atoms with E-state index >= 15 is 0 Å². The average Bonchev–Trinajstić information content (AvgIpc) is 2.61. The molecule has 0 saturated carbocycles. The van der Waals surface area contributed by atoms with Gasteiger partial charge >= 0.3 is 0 Å². The molecule has 25 heavy (non-hydrogen) atoms. The van der Waals surface area contributed by atoms with Gasteiger partial charge in [-0.15, -0.1) is 0 Å². The van der Waals surface area contributed by atoms with Gasteiger partial charge in [-0.3, -0.25) is 4.79 Å². The van der Waals surface area contributed by atoms with E-state index in [-0.39, 0.29) is 17.7 Å². The number of hydrogen-bond donors (Lipinski definition) is 1. The normalized spacial score (nSPS) is 11.9. The summed E-state index contributed by atoms with van der Waals surface area (Å²) in [5.74, 6) is 1.25. The number of nitrogens with one attached hydrogen (secondary N) is 1. The van der Waals surface area contributed by atoms with Crippen molar-refractivity contribution in [2.75, 3.05) is 14.2 Å². The van der Waals surface area contributed by atoms with Gasteiger partial charge in [0.2, 0.25) is 5.91 Å². The predicted molar refractivity (Wildman–Crippen MR) is 100 cm³/mol. The highest BCUT2D eigenvalue weighted by molar-refractivity contribution is 6.30. The summed E-state index contributed by atoms with van der Waals surface area (Å²) in [6.07, 6.45) is 0. The third kappa shape index (κ3) is 4.89. The summed E-state index contributed by atoms with van der Waals surface area (Å²) in [6.45, 7) is 4.50. The van der Waals surface area contributed by atoms with E-state index in [1.807, 2.05) is 56.3 Å². The second-order valence-corrected chi connectivity index (χ2v) is 6.62. The van der Waals surface area contributed by atoms with Gasteiger partial charge in [0.1, 0.15) is 0 Å². The summed E-state index contributed by atoms with van der Waals surface area (Å²) in [5.41, 5.74) is 1.91. The fourth-order valence-electron chi connectivity index (χ4n) is 2.80. The zero-order valence-electron chi connectivity index (χ0n) is 15.0. The summed E-state index contributed by atoms with van der Waals surface area (Å²) >= 11 is 5.95. The molecule has 0 unspecified atom stereocenters. The lowest BCUT2D eigenvalue weighted by Gasteiger charge is -2.21. The highest BCUT2D eigenvalue weighted by Gasteiger charge is 2.24. The van der Waals surface area contributed by atoms with Gasteiger partial charge in [-0.2, -0.15) is 0 Å². The molecule has 4 nitrogen and oxygen atoms in total. The molecule has 2 rings (SSSR count). The van der Waals surface area contributed by atoms with Crippen LogP contribution in [0.2, 0.25) is 5.02 Å². The molecule has 0 bridgehead atoms. The number of ether oxygens (including phenoxy) is 2. The van der Waals surface area contributed by atoms with Crippen LogP contribution in [0.4, 0.5) is 0 Å². The first-order valence-electron chi connectivity index (χ1n) is 8.20. The van der Waals surface area contributed by atoms with E-state index in [0.29, 0.717) is 23.1 Å². The minimum atomic E-state index is -0.225. The zero-order valence-corrected chi connectivity index (χ0v) is 15.8. The molecule has 0 fully saturated rings. The van der Waals surface area contributed by atoms with Crippen molar-refractivity contribution in [3.05, 3.63) is 58.6 Å². The van der Waals surface area contributed by atoms with Crippen LogP contribution in [0.15, 0.2) is 42.5 Å². The summed E-state index contributed by atoms with van der Waals surface area (Å²) in [6, 6.07) is 13.0. The smallest absolute Gasteiger partial charge is 0.228 e. The monoisotopic (exact) mass is 361 g/mol. The van der Waals surface area contributed by atoms with Crippen molar-refractivity contribution in [3.8, 4) is 11.5 Å². The molecular weight excluding hydrogens is 338 g/mol. The van der Waals surface area contributed by atoms with E-state index in [9.17, 15) is 4.79 Å². The first-order chi connectivity index (χ1) is 12.0. The number of carbonyl (C=O) groups is 1. The summed E-state index contributed by atoms with van der Waals surface area (Å²) < 4.78 is 10.5. The summed E-state index contributed by atoms with van der Waals surface area (Å²) in [4.78, 5) is 12.7. The van der Waals surface area contributed by atoms with Crippen molar-refractivity contribution >= 4 is 17.5 Å². The fourth-order valence-corrected chi connectivity index (χ4v) is 2.92. The Kier molecular flexibility index (Phi) is 6.71. The predicted octanol–water partition coefficient (Wildman–Crippen LogP) is 4.41. The minimum Gasteiger partial charge on any atom is -0.493 e. The Bertz CT molecular complexity index is 713. The van der Waals surface area contributed by atoms with Crippen LogP contribution in [0.1, 0.15) is 30.9 Å². The maximum Gasteiger partial charge on any atom is 0.228 e. The molecule has 0 aliphatic carbocycles. The average molecular weight is 362 g/mol. The molecule has 1 N–H and O–H groups in total. The van der Waals surface area contributed by atoms with Gasteiger partial charge in [-0.05, 0) is 41.3 Å². The molecule has 5 heteroatoms. The van der Waals surface area contributed by atoms with Crippen LogP contribution in [0.3, 0.4) is 0 Å². The second kappa shape index (κ2) is 8.77.